The summed E-state index contributed by atoms with van der Waals surface area (Å²) in [5.74, 6) is -0.491. The standard InChI is InChI=1S/C15H13Cl3FN/c1-8-3-4-11(16)15(5-8)20-9(2)10-6-14(19)13(18)7-12(10)17/h3-7,9,20H,1-2H3. The van der Waals surface area contributed by atoms with E-state index in [0.717, 1.165) is 11.3 Å². The lowest BCUT2D eigenvalue weighted by Gasteiger charge is -2.18. The van der Waals surface area contributed by atoms with Crippen LogP contribution < -0.4 is 5.32 Å². The van der Waals surface area contributed by atoms with Crippen LogP contribution in [0.25, 0.3) is 0 Å². The largest absolute Gasteiger partial charge is 0.377 e. The van der Waals surface area contributed by atoms with Crippen molar-refractivity contribution in [3.8, 4) is 0 Å². The molecule has 0 fully saturated rings. The quantitative estimate of drug-likeness (QED) is 0.653. The van der Waals surface area contributed by atoms with Gasteiger partial charge in [0.2, 0.25) is 0 Å². The Labute approximate surface area is 132 Å². The summed E-state index contributed by atoms with van der Waals surface area (Å²) in [4.78, 5) is 0. The van der Waals surface area contributed by atoms with Crippen LogP contribution in [-0.4, -0.2) is 0 Å². The Kier molecular flexibility index (Phi) is 4.79. The minimum Gasteiger partial charge on any atom is -0.377 e. The molecule has 20 heavy (non-hydrogen) atoms. The Hall–Kier alpha value is -0.960. The highest BCUT2D eigenvalue weighted by Gasteiger charge is 2.14. The lowest BCUT2D eigenvalue weighted by atomic mass is 10.1. The zero-order chi connectivity index (χ0) is 14.9. The number of rotatable bonds is 3. The molecule has 106 valence electrons. The molecule has 0 saturated heterocycles. The molecule has 2 aromatic rings. The molecule has 1 atom stereocenters. The summed E-state index contributed by atoms with van der Waals surface area (Å²) in [7, 11) is 0. The molecule has 1 N–H and O–H groups in total. The maximum Gasteiger partial charge on any atom is 0.142 e. The van der Waals surface area contributed by atoms with Crippen molar-refractivity contribution in [2.45, 2.75) is 19.9 Å². The summed E-state index contributed by atoms with van der Waals surface area (Å²) in [6.07, 6.45) is 0. The van der Waals surface area contributed by atoms with Crippen LogP contribution in [0.1, 0.15) is 24.1 Å². The van der Waals surface area contributed by atoms with Gasteiger partial charge in [0.05, 0.1) is 21.8 Å². The second kappa shape index (κ2) is 6.21. The normalized spacial score (nSPS) is 12.3. The molecule has 0 aliphatic heterocycles. The van der Waals surface area contributed by atoms with E-state index in [0.29, 0.717) is 15.6 Å². The van der Waals surface area contributed by atoms with Gasteiger partial charge in [0, 0.05) is 5.02 Å². The van der Waals surface area contributed by atoms with E-state index < -0.39 is 5.82 Å². The molecule has 0 aromatic heterocycles. The Bertz CT molecular complexity index is 643. The molecule has 1 nitrogen and oxygen atoms in total. The van der Waals surface area contributed by atoms with Gasteiger partial charge in [-0.3, -0.25) is 0 Å². The zero-order valence-electron chi connectivity index (χ0n) is 11.0. The molecule has 0 heterocycles. The van der Waals surface area contributed by atoms with Crippen LogP contribution in [0.3, 0.4) is 0 Å². The third-order valence-corrected chi connectivity index (χ3v) is 3.95. The predicted molar refractivity (Wildman–Crippen MR) is 84.6 cm³/mol. The fraction of sp³-hybridized carbons (Fsp3) is 0.200. The average molecular weight is 333 g/mol. The van der Waals surface area contributed by atoms with Gasteiger partial charge in [0.25, 0.3) is 0 Å². The molecule has 2 aromatic carbocycles. The first-order valence-electron chi connectivity index (χ1n) is 6.05. The molecular formula is C15H13Cl3FN. The summed E-state index contributed by atoms with van der Waals surface area (Å²) in [6.45, 7) is 3.86. The highest BCUT2D eigenvalue weighted by Crippen LogP contribution is 2.32. The number of benzene rings is 2. The summed E-state index contributed by atoms with van der Waals surface area (Å²) < 4.78 is 13.6. The van der Waals surface area contributed by atoms with Crippen molar-refractivity contribution in [1.29, 1.82) is 0 Å². The van der Waals surface area contributed by atoms with Gasteiger partial charge in [0.1, 0.15) is 5.82 Å². The van der Waals surface area contributed by atoms with Gasteiger partial charge in [-0.1, -0.05) is 40.9 Å². The van der Waals surface area contributed by atoms with E-state index >= 15 is 0 Å². The third-order valence-electron chi connectivity index (χ3n) is 3.00. The van der Waals surface area contributed by atoms with E-state index in [9.17, 15) is 4.39 Å². The lowest BCUT2D eigenvalue weighted by Crippen LogP contribution is -2.08. The molecule has 5 heteroatoms. The second-order valence-electron chi connectivity index (χ2n) is 4.64. The zero-order valence-corrected chi connectivity index (χ0v) is 13.2. The van der Waals surface area contributed by atoms with Gasteiger partial charge in [-0.2, -0.15) is 0 Å². The van der Waals surface area contributed by atoms with E-state index in [1.165, 1.54) is 12.1 Å². The van der Waals surface area contributed by atoms with E-state index in [-0.39, 0.29) is 11.1 Å². The molecule has 0 bridgehead atoms. The smallest absolute Gasteiger partial charge is 0.142 e. The maximum atomic E-state index is 13.6. The maximum absolute atomic E-state index is 13.6. The summed E-state index contributed by atoms with van der Waals surface area (Å²) in [5.41, 5.74) is 2.49. The molecule has 1 unspecified atom stereocenters. The first-order chi connectivity index (χ1) is 9.38. The monoisotopic (exact) mass is 331 g/mol. The topological polar surface area (TPSA) is 12.0 Å². The number of aryl methyl sites for hydroxylation is 1. The number of nitrogens with one attached hydrogen (secondary N) is 1. The van der Waals surface area contributed by atoms with Crippen LogP contribution in [0, 0.1) is 12.7 Å². The molecule has 0 saturated carbocycles. The first kappa shape index (κ1) is 15.4. The Balaban J connectivity index is 2.30. The van der Waals surface area contributed by atoms with Crippen molar-refractivity contribution in [2.75, 3.05) is 5.32 Å². The van der Waals surface area contributed by atoms with E-state index in [1.807, 2.05) is 32.0 Å². The van der Waals surface area contributed by atoms with Gasteiger partial charge in [0.15, 0.2) is 0 Å². The molecule has 0 amide bonds. The van der Waals surface area contributed by atoms with Gasteiger partial charge >= 0.3 is 0 Å². The fourth-order valence-electron chi connectivity index (χ4n) is 1.93. The minimum atomic E-state index is -0.491. The summed E-state index contributed by atoms with van der Waals surface area (Å²) in [5, 5.41) is 4.26. The first-order valence-corrected chi connectivity index (χ1v) is 7.19. The fourth-order valence-corrected chi connectivity index (χ4v) is 2.65. The van der Waals surface area contributed by atoms with Gasteiger partial charge in [-0.15, -0.1) is 0 Å². The van der Waals surface area contributed by atoms with Crippen molar-refractivity contribution in [3.63, 3.8) is 0 Å². The average Bonchev–Trinajstić information content (AvgIpc) is 2.38. The second-order valence-corrected chi connectivity index (χ2v) is 5.86. The molecule has 0 radical (unpaired) electrons. The molecule has 0 aliphatic carbocycles. The van der Waals surface area contributed by atoms with Gasteiger partial charge < -0.3 is 5.32 Å². The summed E-state index contributed by atoms with van der Waals surface area (Å²) in [6, 6.07) is 8.21. The molecule has 2 rings (SSSR count). The van der Waals surface area contributed by atoms with E-state index in [4.69, 9.17) is 34.8 Å². The number of halogens is 4. The van der Waals surface area contributed by atoms with E-state index in [1.54, 1.807) is 0 Å². The SMILES string of the molecule is Cc1ccc(Cl)c(NC(C)c2cc(F)c(Cl)cc2Cl)c1. The lowest BCUT2D eigenvalue weighted by molar-refractivity contribution is 0.624. The highest BCUT2D eigenvalue weighted by atomic mass is 35.5. The van der Waals surface area contributed by atoms with Crippen LogP contribution in [0.2, 0.25) is 15.1 Å². The van der Waals surface area contributed by atoms with Crippen molar-refractivity contribution < 1.29 is 4.39 Å². The van der Waals surface area contributed by atoms with Gasteiger partial charge in [-0.25, -0.2) is 4.39 Å². The van der Waals surface area contributed by atoms with Crippen LogP contribution in [0.4, 0.5) is 10.1 Å². The Morgan fingerprint density at radius 1 is 1.00 bits per heavy atom. The van der Waals surface area contributed by atoms with Crippen molar-refractivity contribution >= 4 is 40.5 Å². The van der Waals surface area contributed by atoms with Crippen LogP contribution >= 0.6 is 34.8 Å². The van der Waals surface area contributed by atoms with E-state index in [2.05, 4.69) is 5.32 Å². The molecular weight excluding hydrogens is 320 g/mol. The minimum absolute atomic E-state index is 0.0135. The predicted octanol–water partition coefficient (Wildman–Crippen LogP) is 6.27. The third kappa shape index (κ3) is 3.38. The van der Waals surface area contributed by atoms with Crippen LogP contribution in [0.15, 0.2) is 30.3 Å². The Morgan fingerprint density at radius 2 is 1.70 bits per heavy atom. The number of hydrogen-bond donors (Lipinski definition) is 1. The van der Waals surface area contributed by atoms with Crippen molar-refractivity contribution in [2.24, 2.45) is 0 Å². The van der Waals surface area contributed by atoms with Crippen LogP contribution in [0.5, 0.6) is 0 Å². The molecule has 0 aliphatic rings. The summed E-state index contributed by atoms with van der Waals surface area (Å²) >= 11 is 17.9. The number of anilines is 1. The molecule has 0 spiro atoms. The highest BCUT2D eigenvalue weighted by molar-refractivity contribution is 6.35. The van der Waals surface area contributed by atoms with Crippen molar-refractivity contribution in [1.82, 2.24) is 0 Å². The Morgan fingerprint density at radius 3 is 2.40 bits per heavy atom. The number of hydrogen-bond acceptors (Lipinski definition) is 1. The van der Waals surface area contributed by atoms with Crippen LogP contribution in [-0.2, 0) is 0 Å². The van der Waals surface area contributed by atoms with Crippen molar-refractivity contribution in [3.05, 3.63) is 62.3 Å². The van der Waals surface area contributed by atoms with Gasteiger partial charge in [-0.05, 0) is 49.2 Å².